The Labute approximate surface area is 296 Å². The maximum absolute atomic E-state index is 14.4. The van der Waals surface area contributed by atoms with Crippen molar-refractivity contribution < 1.29 is 9.13 Å². The van der Waals surface area contributed by atoms with E-state index < -0.39 is 0 Å². The van der Waals surface area contributed by atoms with E-state index in [-0.39, 0.29) is 5.82 Å². The molecule has 248 valence electrons. The zero-order chi connectivity index (χ0) is 34.5. The lowest BCUT2D eigenvalue weighted by Crippen LogP contribution is -2.24. The molecule has 9 rings (SSSR count). The van der Waals surface area contributed by atoms with Crippen LogP contribution in [-0.4, -0.2) is 16.2 Å². The standard InChI is InChI=1S/C45H35FN4O/c1-3-31-20-21-47-45(23-31)50-41-15-5-4-14-39(41)40-19-18-37(28-44(40)50)51-38-25-33(32-11-8-10-30(2)22-32)24-36(27-38)49-29-48(35-13-9-12-34(46)26-35)42-16-6-7-17-43(42)49/h4-28H,3,29H2,1-2H3. The van der Waals surface area contributed by atoms with Crippen LogP contribution in [0.3, 0.4) is 0 Å². The molecule has 0 N–H and O–H groups in total. The first kappa shape index (κ1) is 30.6. The van der Waals surface area contributed by atoms with Crippen molar-refractivity contribution in [1.29, 1.82) is 0 Å². The Balaban J connectivity index is 1.17. The van der Waals surface area contributed by atoms with E-state index in [1.54, 1.807) is 12.1 Å². The molecule has 0 amide bonds. The average Bonchev–Trinajstić information content (AvgIpc) is 3.71. The summed E-state index contributed by atoms with van der Waals surface area (Å²) >= 11 is 0. The highest BCUT2D eigenvalue weighted by Crippen LogP contribution is 2.46. The fourth-order valence-corrected chi connectivity index (χ4v) is 7.29. The molecule has 0 spiro atoms. The van der Waals surface area contributed by atoms with Crippen LogP contribution >= 0.6 is 0 Å². The van der Waals surface area contributed by atoms with Crippen LogP contribution < -0.4 is 14.5 Å². The smallest absolute Gasteiger partial charge is 0.137 e. The van der Waals surface area contributed by atoms with Gasteiger partial charge < -0.3 is 14.5 Å². The number of hydrogen-bond acceptors (Lipinski definition) is 4. The Hall–Kier alpha value is -6.40. The van der Waals surface area contributed by atoms with E-state index in [0.717, 1.165) is 74.0 Å². The van der Waals surface area contributed by atoms with Crippen LogP contribution in [0, 0.1) is 12.7 Å². The van der Waals surface area contributed by atoms with Gasteiger partial charge in [-0.2, -0.15) is 0 Å². The van der Waals surface area contributed by atoms with Gasteiger partial charge in [0.1, 0.15) is 29.8 Å². The predicted octanol–water partition coefficient (Wildman–Crippen LogP) is 11.9. The van der Waals surface area contributed by atoms with E-state index in [4.69, 9.17) is 9.72 Å². The van der Waals surface area contributed by atoms with Gasteiger partial charge in [-0.1, -0.05) is 73.2 Å². The zero-order valence-electron chi connectivity index (χ0n) is 28.4. The third-order valence-corrected chi connectivity index (χ3v) is 9.75. The summed E-state index contributed by atoms with van der Waals surface area (Å²) in [5.74, 6) is 2.08. The van der Waals surface area contributed by atoms with Crippen molar-refractivity contribution in [3.8, 4) is 28.4 Å². The van der Waals surface area contributed by atoms with Crippen molar-refractivity contribution in [3.05, 3.63) is 169 Å². The quantitative estimate of drug-likeness (QED) is 0.170. The fraction of sp³-hybridized carbons (Fsp3) is 0.0889. The van der Waals surface area contributed by atoms with Gasteiger partial charge in [0.05, 0.1) is 22.4 Å². The molecule has 5 nitrogen and oxygen atoms in total. The third-order valence-electron chi connectivity index (χ3n) is 9.75. The summed E-state index contributed by atoms with van der Waals surface area (Å²) in [6.07, 6.45) is 2.82. The number of para-hydroxylation sites is 3. The summed E-state index contributed by atoms with van der Waals surface area (Å²) in [5.41, 5.74) is 10.5. The second kappa shape index (κ2) is 12.5. The topological polar surface area (TPSA) is 33.5 Å². The second-order valence-corrected chi connectivity index (χ2v) is 13.1. The Bertz CT molecular complexity index is 2590. The SMILES string of the molecule is CCc1ccnc(-n2c3ccccc3c3ccc(Oc4cc(-c5cccc(C)c5)cc(N5CN(c6cccc(F)c6)c6ccccc65)c4)cc32)c1. The van der Waals surface area contributed by atoms with Gasteiger partial charge in [-0.05, 0) is 103 Å². The first-order chi connectivity index (χ1) is 25.0. The van der Waals surface area contributed by atoms with E-state index in [9.17, 15) is 4.39 Å². The van der Waals surface area contributed by atoms with Crippen molar-refractivity contribution in [2.75, 3.05) is 16.5 Å². The fourth-order valence-electron chi connectivity index (χ4n) is 7.29. The summed E-state index contributed by atoms with van der Waals surface area (Å²) in [6.45, 7) is 4.79. The molecular formula is C45H35FN4O. The maximum atomic E-state index is 14.4. The number of benzene rings is 6. The Morgan fingerprint density at radius 2 is 1.41 bits per heavy atom. The van der Waals surface area contributed by atoms with Gasteiger partial charge in [-0.25, -0.2) is 9.37 Å². The highest BCUT2D eigenvalue weighted by molar-refractivity contribution is 6.09. The first-order valence-electron chi connectivity index (χ1n) is 17.3. The normalized spacial score (nSPS) is 12.5. The van der Waals surface area contributed by atoms with Gasteiger partial charge in [0, 0.05) is 40.5 Å². The van der Waals surface area contributed by atoms with Crippen LogP contribution in [0.1, 0.15) is 18.1 Å². The van der Waals surface area contributed by atoms with Gasteiger partial charge in [0.25, 0.3) is 0 Å². The van der Waals surface area contributed by atoms with Crippen LogP contribution in [0.5, 0.6) is 11.5 Å². The van der Waals surface area contributed by atoms with Gasteiger partial charge in [-0.3, -0.25) is 4.57 Å². The van der Waals surface area contributed by atoms with Crippen molar-refractivity contribution in [2.24, 2.45) is 0 Å². The molecule has 0 saturated heterocycles. The number of hydrogen-bond donors (Lipinski definition) is 0. The zero-order valence-corrected chi connectivity index (χ0v) is 28.4. The number of nitrogens with zero attached hydrogens (tertiary/aromatic N) is 4. The molecule has 51 heavy (non-hydrogen) atoms. The minimum atomic E-state index is -0.259. The molecule has 1 aliphatic heterocycles. The van der Waals surface area contributed by atoms with Crippen LogP contribution in [-0.2, 0) is 6.42 Å². The average molecular weight is 667 g/mol. The molecule has 0 fully saturated rings. The highest BCUT2D eigenvalue weighted by Gasteiger charge is 2.28. The van der Waals surface area contributed by atoms with E-state index in [0.29, 0.717) is 6.67 Å². The number of fused-ring (bicyclic) bond motifs is 4. The van der Waals surface area contributed by atoms with Crippen LogP contribution in [0.15, 0.2) is 152 Å². The Morgan fingerprint density at radius 3 is 2.24 bits per heavy atom. The number of ether oxygens (including phenoxy) is 1. The van der Waals surface area contributed by atoms with Crippen molar-refractivity contribution >= 4 is 44.6 Å². The predicted molar refractivity (Wildman–Crippen MR) is 207 cm³/mol. The minimum absolute atomic E-state index is 0.259. The molecule has 0 atom stereocenters. The number of anilines is 4. The number of aryl methyl sites for hydroxylation is 2. The van der Waals surface area contributed by atoms with Crippen molar-refractivity contribution in [1.82, 2.24) is 9.55 Å². The molecule has 3 heterocycles. The van der Waals surface area contributed by atoms with Gasteiger partial charge in [-0.15, -0.1) is 0 Å². The summed E-state index contributed by atoms with van der Waals surface area (Å²) in [7, 11) is 0. The highest BCUT2D eigenvalue weighted by atomic mass is 19.1. The summed E-state index contributed by atoms with van der Waals surface area (Å²) in [6, 6.07) is 49.0. The second-order valence-electron chi connectivity index (χ2n) is 13.1. The summed E-state index contributed by atoms with van der Waals surface area (Å²) in [5, 5.41) is 2.31. The van der Waals surface area contributed by atoms with E-state index in [2.05, 4.69) is 131 Å². The first-order valence-corrected chi connectivity index (χ1v) is 17.3. The molecule has 0 aliphatic carbocycles. The molecular weight excluding hydrogens is 632 g/mol. The molecule has 0 radical (unpaired) electrons. The molecule has 6 heteroatoms. The molecule has 1 aliphatic rings. The lowest BCUT2D eigenvalue weighted by molar-refractivity contribution is 0.483. The Kier molecular flexibility index (Phi) is 7.50. The largest absolute Gasteiger partial charge is 0.457 e. The van der Waals surface area contributed by atoms with Crippen molar-refractivity contribution in [2.45, 2.75) is 20.3 Å². The summed E-state index contributed by atoms with van der Waals surface area (Å²) < 4.78 is 23.4. The monoisotopic (exact) mass is 666 g/mol. The summed E-state index contributed by atoms with van der Waals surface area (Å²) in [4.78, 5) is 9.20. The van der Waals surface area contributed by atoms with Crippen LogP contribution in [0.2, 0.25) is 0 Å². The number of halogens is 1. The molecule has 0 bridgehead atoms. The number of pyridine rings is 1. The number of rotatable bonds is 7. The van der Waals surface area contributed by atoms with Gasteiger partial charge in [0.15, 0.2) is 0 Å². The molecule has 2 aromatic heterocycles. The van der Waals surface area contributed by atoms with Gasteiger partial charge >= 0.3 is 0 Å². The molecule has 6 aromatic carbocycles. The lowest BCUT2D eigenvalue weighted by Gasteiger charge is -2.23. The van der Waals surface area contributed by atoms with E-state index in [1.807, 2.05) is 30.5 Å². The van der Waals surface area contributed by atoms with E-state index >= 15 is 0 Å². The van der Waals surface area contributed by atoms with Crippen LogP contribution in [0.4, 0.5) is 27.1 Å². The molecule has 0 unspecified atom stereocenters. The van der Waals surface area contributed by atoms with Crippen LogP contribution in [0.25, 0.3) is 38.8 Å². The molecule has 0 saturated carbocycles. The van der Waals surface area contributed by atoms with Crippen molar-refractivity contribution in [3.63, 3.8) is 0 Å². The molecule has 8 aromatic rings. The lowest BCUT2D eigenvalue weighted by atomic mass is 10.0. The van der Waals surface area contributed by atoms with Gasteiger partial charge in [0.2, 0.25) is 0 Å². The Morgan fingerprint density at radius 1 is 0.627 bits per heavy atom. The van der Waals surface area contributed by atoms with E-state index in [1.165, 1.54) is 22.6 Å². The minimum Gasteiger partial charge on any atom is -0.457 e. The number of aromatic nitrogens is 2. The maximum Gasteiger partial charge on any atom is 0.137 e. The third kappa shape index (κ3) is 5.55.